The SMILES string of the molecule is C=CCN1CC(c2nc3ccccc3n2CCOc2ccc(C=CC)cc2OC)CC1=O. The van der Waals surface area contributed by atoms with Gasteiger partial charge in [-0.05, 0) is 36.8 Å². The summed E-state index contributed by atoms with van der Waals surface area (Å²) in [5.74, 6) is 2.56. The Morgan fingerprint density at radius 1 is 1.22 bits per heavy atom. The molecule has 32 heavy (non-hydrogen) atoms. The summed E-state index contributed by atoms with van der Waals surface area (Å²) >= 11 is 0. The van der Waals surface area contributed by atoms with E-state index in [1.54, 1.807) is 13.2 Å². The minimum Gasteiger partial charge on any atom is -0.493 e. The monoisotopic (exact) mass is 431 g/mol. The van der Waals surface area contributed by atoms with Gasteiger partial charge >= 0.3 is 0 Å². The first kappa shape index (κ1) is 21.7. The van der Waals surface area contributed by atoms with Gasteiger partial charge in [-0.15, -0.1) is 6.58 Å². The number of benzene rings is 2. The molecule has 166 valence electrons. The molecule has 1 unspecified atom stereocenters. The van der Waals surface area contributed by atoms with Crippen molar-refractivity contribution in [2.45, 2.75) is 25.8 Å². The molecule has 1 saturated heterocycles. The van der Waals surface area contributed by atoms with Gasteiger partial charge in [0.1, 0.15) is 12.4 Å². The zero-order valence-electron chi connectivity index (χ0n) is 18.7. The highest BCUT2D eigenvalue weighted by molar-refractivity contribution is 5.81. The van der Waals surface area contributed by atoms with Crippen molar-refractivity contribution in [1.82, 2.24) is 14.5 Å². The highest BCUT2D eigenvalue weighted by Crippen LogP contribution is 2.31. The average molecular weight is 432 g/mol. The van der Waals surface area contributed by atoms with Crippen LogP contribution in [0.25, 0.3) is 17.1 Å². The summed E-state index contributed by atoms with van der Waals surface area (Å²) in [5, 5.41) is 0. The molecule has 1 aliphatic heterocycles. The van der Waals surface area contributed by atoms with Crippen LogP contribution in [-0.2, 0) is 11.3 Å². The van der Waals surface area contributed by atoms with E-state index >= 15 is 0 Å². The Labute approximate surface area is 188 Å². The number of nitrogens with zero attached hydrogens (tertiary/aromatic N) is 3. The quantitative estimate of drug-likeness (QED) is 0.463. The Kier molecular flexibility index (Phi) is 6.59. The summed E-state index contributed by atoms with van der Waals surface area (Å²) in [6, 6.07) is 14.0. The van der Waals surface area contributed by atoms with Crippen molar-refractivity contribution >= 4 is 23.0 Å². The summed E-state index contributed by atoms with van der Waals surface area (Å²) in [6.45, 7) is 8.07. The number of aromatic nitrogens is 2. The summed E-state index contributed by atoms with van der Waals surface area (Å²) in [5.41, 5.74) is 3.05. The molecule has 0 spiro atoms. The van der Waals surface area contributed by atoms with Crippen LogP contribution in [0.2, 0.25) is 0 Å². The minimum absolute atomic E-state index is 0.0597. The van der Waals surface area contributed by atoms with E-state index in [-0.39, 0.29) is 11.8 Å². The maximum Gasteiger partial charge on any atom is 0.223 e. The number of amides is 1. The van der Waals surface area contributed by atoms with Crippen LogP contribution in [0.5, 0.6) is 11.5 Å². The van der Waals surface area contributed by atoms with Gasteiger partial charge in [0.25, 0.3) is 0 Å². The zero-order chi connectivity index (χ0) is 22.5. The molecule has 3 aromatic rings. The second-order valence-electron chi connectivity index (χ2n) is 7.86. The Morgan fingerprint density at radius 2 is 2.06 bits per heavy atom. The lowest BCUT2D eigenvalue weighted by atomic mass is 10.1. The molecule has 0 aliphatic carbocycles. The number of likely N-dealkylation sites (tertiary alicyclic amines) is 1. The summed E-state index contributed by atoms with van der Waals surface area (Å²) in [7, 11) is 1.65. The standard InChI is InChI=1S/C26H29N3O3/c1-4-8-19-11-12-23(24(16-19)31-3)32-15-14-29-22-10-7-6-9-21(22)27-26(29)20-17-25(30)28(18-20)13-5-2/h4-12,16,20H,2,13-15,17-18H2,1,3H3. The van der Waals surface area contributed by atoms with Gasteiger partial charge in [-0.3, -0.25) is 4.79 Å². The van der Waals surface area contributed by atoms with Crippen LogP contribution in [-0.4, -0.2) is 47.2 Å². The second kappa shape index (κ2) is 9.73. The molecule has 0 bridgehead atoms. The number of imidazole rings is 1. The third kappa shape index (κ3) is 4.40. The van der Waals surface area contributed by atoms with Gasteiger partial charge in [0.15, 0.2) is 11.5 Å². The lowest BCUT2D eigenvalue weighted by molar-refractivity contribution is -0.127. The van der Waals surface area contributed by atoms with Crippen LogP contribution >= 0.6 is 0 Å². The largest absolute Gasteiger partial charge is 0.493 e. The Bertz CT molecular complexity index is 1150. The van der Waals surface area contributed by atoms with Gasteiger partial charge in [-0.2, -0.15) is 0 Å². The van der Waals surface area contributed by atoms with Crippen LogP contribution in [0.15, 0.2) is 61.2 Å². The number of carbonyl (C=O) groups is 1. The maximum absolute atomic E-state index is 12.4. The van der Waals surface area contributed by atoms with Gasteiger partial charge in [0, 0.05) is 25.4 Å². The predicted octanol–water partition coefficient (Wildman–Crippen LogP) is 4.66. The van der Waals surface area contributed by atoms with Gasteiger partial charge < -0.3 is 18.9 Å². The molecule has 2 aromatic carbocycles. The van der Waals surface area contributed by atoms with Gasteiger partial charge in [0.05, 0.1) is 24.7 Å². The van der Waals surface area contributed by atoms with E-state index < -0.39 is 0 Å². The fraction of sp³-hybridized carbons (Fsp3) is 0.308. The molecule has 0 N–H and O–H groups in total. The molecule has 4 rings (SSSR count). The van der Waals surface area contributed by atoms with Gasteiger partial charge in [0.2, 0.25) is 5.91 Å². The molecule has 2 heterocycles. The predicted molar refractivity (Wildman–Crippen MR) is 127 cm³/mol. The third-order valence-electron chi connectivity index (χ3n) is 5.73. The maximum atomic E-state index is 12.4. The Balaban J connectivity index is 1.55. The van der Waals surface area contributed by atoms with Crippen LogP contribution in [0.3, 0.4) is 0 Å². The van der Waals surface area contributed by atoms with Crippen LogP contribution in [0.1, 0.15) is 30.7 Å². The number of hydrogen-bond donors (Lipinski definition) is 0. The molecule has 1 atom stereocenters. The normalized spacial score (nSPS) is 16.2. The lowest BCUT2D eigenvalue weighted by Crippen LogP contribution is -2.25. The van der Waals surface area contributed by atoms with Gasteiger partial charge in [-0.1, -0.05) is 36.4 Å². The van der Waals surface area contributed by atoms with Crippen molar-refractivity contribution in [2.24, 2.45) is 0 Å². The van der Waals surface area contributed by atoms with E-state index in [1.807, 2.05) is 60.4 Å². The molecule has 1 fully saturated rings. The summed E-state index contributed by atoms with van der Waals surface area (Å²) < 4.78 is 13.8. The smallest absolute Gasteiger partial charge is 0.223 e. The van der Waals surface area contributed by atoms with Crippen molar-refractivity contribution in [3.05, 3.63) is 72.6 Å². The first-order chi connectivity index (χ1) is 15.6. The Morgan fingerprint density at radius 3 is 2.84 bits per heavy atom. The molecule has 0 radical (unpaired) electrons. The Hall–Kier alpha value is -3.54. The molecule has 6 heteroatoms. The second-order valence-corrected chi connectivity index (χ2v) is 7.86. The molecular formula is C26H29N3O3. The fourth-order valence-electron chi connectivity index (χ4n) is 4.26. The molecule has 1 amide bonds. The number of carbonyl (C=O) groups excluding carboxylic acids is 1. The van der Waals surface area contributed by atoms with Crippen molar-refractivity contribution in [2.75, 3.05) is 26.8 Å². The van der Waals surface area contributed by atoms with Crippen LogP contribution < -0.4 is 9.47 Å². The van der Waals surface area contributed by atoms with E-state index in [0.29, 0.717) is 44.2 Å². The van der Waals surface area contributed by atoms with Gasteiger partial charge in [-0.25, -0.2) is 4.98 Å². The zero-order valence-corrected chi connectivity index (χ0v) is 18.7. The van der Waals surface area contributed by atoms with Crippen molar-refractivity contribution in [1.29, 1.82) is 0 Å². The van der Waals surface area contributed by atoms with Crippen LogP contribution in [0.4, 0.5) is 0 Å². The molecule has 1 aromatic heterocycles. The molecule has 1 aliphatic rings. The van der Waals surface area contributed by atoms with Crippen molar-refractivity contribution < 1.29 is 14.3 Å². The highest BCUT2D eigenvalue weighted by Gasteiger charge is 2.33. The third-order valence-corrected chi connectivity index (χ3v) is 5.73. The molecule has 0 saturated carbocycles. The number of ether oxygens (including phenoxy) is 2. The number of para-hydroxylation sites is 2. The first-order valence-corrected chi connectivity index (χ1v) is 10.9. The lowest BCUT2D eigenvalue weighted by Gasteiger charge is -2.16. The average Bonchev–Trinajstić information content (AvgIpc) is 3.35. The molecule has 6 nitrogen and oxygen atoms in total. The van der Waals surface area contributed by atoms with Crippen LogP contribution in [0, 0.1) is 0 Å². The number of methoxy groups -OCH3 is 1. The number of allylic oxidation sites excluding steroid dienone is 1. The highest BCUT2D eigenvalue weighted by atomic mass is 16.5. The minimum atomic E-state index is 0.0597. The van der Waals surface area contributed by atoms with E-state index in [4.69, 9.17) is 14.5 Å². The van der Waals surface area contributed by atoms with E-state index in [0.717, 1.165) is 22.4 Å². The first-order valence-electron chi connectivity index (χ1n) is 10.9. The molecular weight excluding hydrogens is 402 g/mol. The van der Waals surface area contributed by atoms with E-state index in [9.17, 15) is 4.79 Å². The number of fused-ring (bicyclic) bond motifs is 1. The number of rotatable bonds is 9. The van der Waals surface area contributed by atoms with Crippen molar-refractivity contribution in [3.63, 3.8) is 0 Å². The topological polar surface area (TPSA) is 56.6 Å². The van der Waals surface area contributed by atoms with E-state index in [1.165, 1.54) is 0 Å². The summed E-state index contributed by atoms with van der Waals surface area (Å²) in [6.07, 6.45) is 6.25. The van der Waals surface area contributed by atoms with E-state index in [2.05, 4.69) is 17.2 Å². The fourth-order valence-corrected chi connectivity index (χ4v) is 4.26. The van der Waals surface area contributed by atoms with Crippen molar-refractivity contribution in [3.8, 4) is 11.5 Å². The summed E-state index contributed by atoms with van der Waals surface area (Å²) in [4.78, 5) is 19.1. The number of hydrogen-bond acceptors (Lipinski definition) is 4.